The number of nitrogens with one attached hydrogen (secondary N) is 2. The van der Waals surface area contributed by atoms with Crippen LogP contribution in [-0.2, 0) is 0 Å². The van der Waals surface area contributed by atoms with Crippen molar-refractivity contribution in [2.24, 2.45) is 0 Å². The smallest absolute Gasteiger partial charge is 0.319 e. The quantitative estimate of drug-likeness (QED) is 0.702. The van der Waals surface area contributed by atoms with E-state index in [1.807, 2.05) is 19.9 Å². The summed E-state index contributed by atoms with van der Waals surface area (Å²) < 4.78 is 6.41. The van der Waals surface area contributed by atoms with Gasteiger partial charge in [-0.05, 0) is 32.4 Å². The lowest BCUT2D eigenvalue weighted by Gasteiger charge is -2.13. The Morgan fingerprint density at radius 1 is 1.42 bits per heavy atom. The summed E-state index contributed by atoms with van der Waals surface area (Å²) in [7, 11) is 0. The second kappa shape index (κ2) is 8.01. The fourth-order valence-corrected chi connectivity index (χ4v) is 1.90. The highest BCUT2D eigenvalue weighted by atomic mass is 79.9. The molecule has 5 nitrogen and oxygen atoms in total. The van der Waals surface area contributed by atoms with Gasteiger partial charge < -0.3 is 20.5 Å². The molecule has 0 radical (unpaired) electrons. The number of halogens is 1. The summed E-state index contributed by atoms with van der Waals surface area (Å²) in [5.74, 6) is 0.690. The summed E-state index contributed by atoms with van der Waals surface area (Å²) in [4.78, 5) is 11.6. The number of ether oxygens (including phenoxy) is 1. The minimum absolute atomic E-state index is 0.0591. The Labute approximate surface area is 121 Å². The van der Waals surface area contributed by atoms with E-state index in [1.165, 1.54) is 0 Å². The van der Waals surface area contributed by atoms with Crippen molar-refractivity contribution in [2.45, 2.75) is 26.4 Å². The standard InChI is InChI=1S/C13H19BrN2O3/c1-9(2)19-12-7-10(14)6-11(8-12)16-13(18)15-4-3-5-17/h6-9,17H,3-5H2,1-2H3,(H2,15,16,18). The Morgan fingerprint density at radius 2 is 2.16 bits per heavy atom. The van der Waals surface area contributed by atoms with Gasteiger partial charge >= 0.3 is 6.03 Å². The lowest BCUT2D eigenvalue weighted by atomic mass is 10.3. The van der Waals surface area contributed by atoms with Gasteiger partial charge in [0.1, 0.15) is 5.75 Å². The van der Waals surface area contributed by atoms with Gasteiger partial charge in [0.05, 0.1) is 6.10 Å². The van der Waals surface area contributed by atoms with Crippen LogP contribution in [0.5, 0.6) is 5.75 Å². The Bertz CT molecular complexity index is 424. The first-order valence-corrected chi connectivity index (χ1v) is 6.93. The monoisotopic (exact) mass is 330 g/mol. The Hall–Kier alpha value is -1.27. The average Bonchev–Trinajstić information content (AvgIpc) is 2.27. The summed E-state index contributed by atoms with van der Waals surface area (Å²) in [6.45, 7) is 4.38. The van der Waals surface area contributed by atoms with Gasteiger partial charge in [0.25, 0.3) is 0 Å². The van der Waals surface area contributed by atoms with E-state index >= 15 is 0 Å². The number of anilines is 1. The predicted octanol–water partition coefficient (Wildman–Crippen LogP) is 2.74. The zero-order valence-corrected chi connectivity index (χ0v) is 12.7. The summed E-state index contributed by atoms with van der Waals surface area (Å²) in [6, 6.07) is 5.09. The summed E-state index contributed by atoms with van der Waals surface area (Å²) in [5, 5.41) is 14.0. The van der Waals surface area contributed by atoms with Crippen LogP contribution in [0.2, 0.25) is 0 Å². The number of aliphatic hydroxyl groups is 1. The largest absolute Gasteiger partial charge is 0.491 e. The van der Waals surface area contributed by atoms with Crippen LogP contribution in [0.15, 0.2) is 22.7 Å². The van der Waals surface area contributed by atoms with Crippen LogP contribution in [-0.4, -0.2) is 30.4 Å². The van der Waals surface area contributed by atoms with Crippen molar-refractivity contribution in [2.75, 3.05) is 18.5 Å². The molecule has 0 fully saturated rings. The minimum Gasteiger partial charge on any atom is -0.491 e. The number of rotatable bonds is 6. The van der Waals surface area contributed by atoms with Crippen LogP contribution < -0.4 is 15.4 Å². The van der Waals surface area contributed by atoms with E-state index < -0.39 is 0 Å². The SMILES string of the molecule is CC(C)Oc1cc(Br)cc(NC(=O)NCCCO)c1. The maximum Gasteiger partial charge on any atom is 0.319 e. The fourth-order valence-electron chi connectivity index (χ4n) is 1.43. The van der Waals surface area contributed by atoms with Crippen LogP contribution in [0.25, 0.3) is 0 Å². The number of aliphatic hydroxyl groups excluding tert-OH is 1. The molecule has 106 valence electrons. The molecule has 3 N–H and O–H groups in total. The molecule has 0 spiro atoms. The fraction of sp³-hybridized carbons (Fsp3) is 0.462. The normalized spacial score (nSPS) is 10.4. The maximum absolute atomic E-state index is 11.6. The topological polar surface area (TPSA) is 70.6 Å². The van der Waals surface area contributed by atoms with Crippen LogP contribution in [0.1, 0.15) is 20.3 Å². The van der Waals surface area contributed by atoms with Crippen LogP contribution in [0.3, 0.4) is 0 Å². The first-order chi connectivity index (χ1) is 9.01. The second-order valence-corrected chi connectivity index (χ2v) is 5.22. The summed E-state index contributed by atoms with van der Waals surface area (Å²) >= 11 is 3.37. The molecule has 1 aromatic rings. The lowest BCUT2D eigenvalue weighted by molar-refractivity contribution is 0.242. The zero-order chi connectivity index (χ0) is 14.3. The molecule has 0 saturated heterocycles. The Balaban J connectivity index is 2.62. The van der Waals surface area contributed by atoms with E-state index in [-0.39, 0.29) is 18.7 Å². The van der Waals surface area contributed by atoms with Gasteiger partial charge in [-0.1, -0.05) is 15.9 Å². The van der Waals surface area contributed by atoms with E-state index in [2.05, 4.69) is 26.6 Å². The van der Waals surface area contributed by atoms with Gasteiger partial charge in [0.15, 0.2) is 0 Å². The molecule has 0 aliphatic heterocycles. The Morgan fingerprint density at radius 3 is 2.79 bits per heavy atom. The van der Waals surface area contributed by atoms with E-state index in [9.17, 15) is 4.79 Å². The van der Waals surface area contributed by atoms with E-state index in [0.29, 0.717) is 24.4 Å². The van der Waals surface area contributed by atoms with Crippen molar-refractivity contribution in [1.82, 2.24) is 5.32 Å². The molecule has 1 aromatic carbocycles. The van der Waals surface area contributed by atoms with Gasteiger partial charge in [-0.3, -0.25) is 0 Å². The van der Waals surface area contributed by atoms with Gasteiger partial charge in [-0.15, -0.1) is 0 Å². The van der Waals surface area contributed by atoms with Crippen LogP contribution in [0.4, 0.5) is 10.5 Å². The van der Waals surface area contributed by atoms with Crippen LogP contribution >= 0.6 is 15.9 Å². The molecule has 0 unspecified atom stereocenters. The molecule has 19 heavy (non-hydrogen) atoms. The zero-order valence-electron chi connectivity index (χ0n) is 11.1. The third-order valence-electron chi connectivity index (χ3n) is 2.12. The highest BCUT2D eigenvalue weighted by Crippen LogP contribution is 2.25. The predicted molar refractivity (Wildman–Crippen MR) is 78.6 cm³/mol. The minimum atomic E-state index is -0.304. The number of urea groups is 1. The number of amides is 2. The van der Waals surface area contributed by atoms with Crippen LogP contribution in [0, 0.1) is 0 Å². The number of carbonyl (C=O) groups excluding carboxylic acids is 1. The highest BCUT2D eigenvalue weighted by molar-refractivity contribution is 9.10. The first kappa shape index (κ1) is 15.8. The molecule has 0 heterocycles. The van der Waals surface area contributed by atoms with Crippen molar-refractivity contribution in [3.8, 4) is 5.75 Å². The van der Waals surface area contributed by atoms with Gasteiger partial charge in [0.2, 0.25) is 0 Å². The van der Waals surface area contributed by atoms with Crippen molar-refractivity contribution >= 4 is 27.6 Å². The summed E-state index contributed by atoms with van der Waals surface area (Å²) in [5.41, 5.74) is 0.645. The van der Waals surface area contributed by atoms with Crippen molar-refractivity contribution < 1.29 is 14.6 Å². The molecule has 0 saturated carbocycles. The van der Waals surface area contributed by atoms with Gasteiger partial charge in [-0.25, -0.2) is 4.79 Å². The third kappa shape index (κ3) is 6.45. The second-order valence-electron chi connectivity index (χ2n) is 4.30. The number of hydrogen-bond donors (Lipinski definition) is 3. The molecule has 6 heteroatoms. The van der Waals surface area contributed by atoms with Gasteiger partial charge in [0, 0.05) is 29.4 Å². The van der Waals surface area contributed by atoms with Crippen molar-refractivity contribution in [3.05, 3.63) is 22.7 Å². The molecule has 2 amide bonds. The molecule has 1 rings (SSSR count). The molecular formula is C13H19BrN2O3. The summed E-state index contributed by atoms with van der Waals surface area (Å²) in [6.07, 6.45) is 0.605. The molecule has 0 aliphatic rings. The Kier molecular flexibility index (Phi) is 6.66. The molecular weight excluding hydrogens is 312 g/mol. The molecule has 0 aromatic heterocycles. The number of carbonyl (C=O) groups is 1. The average molecular weight is 331 g/mol. The van der Waals surface area contributed by atoms with Gasteiger partial charge in [-0.2, -0.15) is 0 Å². The number of benzene rings is 1. The highest BCUT2D eigenvalue weighted by Gasteiger charge is 2.05. The molecule has 0 bridgehead atoms. The van der Waals surface area contributed by atoms with E-state index in [4.69, 9.17) is 9.84 Å². The molecule has 0 aliphatic carbocycles. The van der Waals surface area contributed by atoms with E-state index in [1.54, 1.807) is 12.1 Å². The van der Waals surface area contributed by atoms with E-state index in [0.717, 1.165) is 4.47 Å². The van der Waals surface area contributed by atoms with Crippen molar-refractivity contribution in [3.63, 3.8) is 0 Å². The van der Waals surface area contributed by atoms with Crippen molar-refractivity contribution in [1.29, 1.82) is 0 Å². The molecule has 0 atom stereocenters. The maximum atomic E-state index is 11.6. The first-order valence-electron chi connectivity index (χ1n) is 6.14. The number of hydrogen-bond acceptors (Lipinski definition) is 3. The third-order valence-corrected chi connectivity index (χ3v) is 2.58. The lowest BCUT2D eigenvalue weighted by Crippen LogP contribution is -2.29.